The Hall–Kier alpha value is -2.10. The Morgan fingerprint density at radius 2 is 1.30 bits per heavy atom. The number of benzene rings is 3. The van der Waals surface area contributed by atoms with Crippen LogP contribution in [-0.4, -0.2) is 13.9 Å². The van der Waals surface area contributed by atoms with Crippen LogP contribution in [0.4, 0.5) is 0 Å². The van der Waals surface area contributed by atoms with E-state index in [2.05, 4.69) is 70.5 Å². The number of rotatable bonds is 5. The van der Waals surface area contributed by atoms with Gasteiger partial charge in [0.05, 0.1) is 4.47 Å². The Morgan fingerprint density at radius 1 is 0.739 bits per heavy atom. The lowest BCUT2D eigenvalue weighted by molar-refractivity contribution is 0.0506. The summed E-state index contributed by atoms with van der Waals surface area (Å²) in [4.78, 5) is 0. The topological polar surface area (TPSA) is 18.5 Å². The molecule has 3 aromatic carbocycles. The van der Waals surface area contributed by atoms with Crippen LogP contribution in [0.15, 0.2) is 77.3 Å². The van der Waals surface area contributed by atoms with Gasteiger partial charge in [-0.15, -0.1) is 0 Å². The summed E-state index contributed by atoms with van der Waals surface area (Å²) in [5, 5.41) is 0. The second kappa shape index (κ2) is 7.44. The summed E-state index contributed by atoms with van der Waals surface area (Å²) in [6, 6.07) is 25.0. The molecule has 0 unspecified atom stereocenters. The van der Waals surface area contributed by atoms with Gasteiger partial charge < -0.3 is 9.47 Å². The molecule has 0 aliphatic carbocycles. The van der Waals surface area contributed by atoms with Crippen molar-refractivity contribution in [3.63, 3.8) is 0 Å². The Labute approximate surface area is 144 Å². The average Bonchev–Trinajstić information content (AvgIpc) is 2.61. The lowest BCUT2D eigenvalue weighted by atomic mass is 10.0. The third-order valence-corrected chi connectivity index (χ3v) is 4.21. The van der Waals surface area contributed by atoms with Crippen LogP contribution >= 0.6 is 15.9 Å². The third kappa shape index (κ3) is 3.81. The van der Waals surface area contributed by atoms with E-state index in [0.29, 0.717) is 0 Å². The van der Waals surface area contributed by atoms with E-state index in [9.17, 15) is 0 Å². The molecule has 0 aromatic heterocycles. The summed E-state index contributed by atoms with van der Waals surface area (Å²) in [5.74, 6) is 0.775. The number of halogens is 1. The zero-order chi connectivity index (χ0) is 16.1. The molecule has 0 bridgehead atoms. The van der Waals surface area contributed by atoms with Crippen molar-refractivity contribution in [1.82, 2.24) is 0 Å². The van der Waals surface area contributed by atoms with Crippen molar-refractivity contribution < 1.29 is 9.47 Å². The Kier molecular flexibility index (Phi) is 5.11. The Bertz CT molecular complexity index is 767. The first-order valence-electron chi connectivity index (χ1n) is 7.35. The largest absolute Gasteiger partial charge is 0.466 e. The highest BCUT2D eigenvalue weighted by molar-refractivity contribution is 9.10. The molecule has 0 saturated carbocycles. The van der Waals surface area contributed by atoms with Crippen LogP contribution in [0.2, 0.25) is 0 Å². The van der Waals surface area contributed by atoms with E-state index in [1.165, 1.54) is 16.7 Å². The number of hydrogen-bond acceptors (Lipinski definition) is 2. The van der Waals surface area contributed by atoms with Crippen molar-refractivity contribution in [3.8, 4) is 28.0 Å². The van der Waals surface area contributed by atoms with Crippen LogP contribution in [0.5, 0.6) is 5.75 Å². The van der Waals surface area contributed by atoms with E-state index >= 15 is 0 Å². The first kappa shape index (κ1) is 15.8. The van der Waals surface area contributed by atoms with Gasteiger partial charge in [0.2, 0.25) is 0 Å². The molecule has 0 radical (unpaired) electrons. The van der Waals surface area contributed by atoms with Gasteiger partial charge in [0.15, 0.2) is 6.79 Å². The van der Waals surface area contributed by atoms with Crippen molar-refractivity contribution in [2.24, 2.45) is 0 Å². The molecule has 3 rings (SSSR count). The van der Waals surface area contributed by atoms with Crippen molar-refractivity contribution in [3.05, 3.63) is 77.3 Å². The highest BCUT2D eigenvalue weighted by atomic mass is 79.9. The third-order valence-electron chi connectivity index (χ3n) is 3.59. The monoisotopic (exact) mass is 368 g/mol. The fourth-order valence-corrected chi connectivity index (χ4v) is 2.90. The molecular formula is C20H17BrO2. The zero-order valence-corrected chi connectivity index (χ0v) is 14.4. The number of hydrogen-bond donors (Lipinski definition) is 0. The fraction of sp³-hybridized carbons (Fsp3) is 0.100. The van der Waals surface area contributed by atoms with Crippen LogP contribution in [0.25, 0.3) is 22.3 Å². The van der Waals surface area contributed by atoms with Crippen molar-refractivity contribution in [2.45, 2.75) is 0 Å². The van der Waals surface area contributed by atoms with E-state index in [4.69, 9.17) is 9.47 Å². The van der Waals surface area contributed by atoms with Gasteiger partial charge in [-0.2, -0.15) is 0 Å². The van der Waals surface area contributed by atoms with E-state index in [-0.39, 0.29) is 6.79 Å². The molecule has 0 spiro atoms. The van der Waals surface area contributed by atoms with E-state index in [0.717, 1.165) is 15.8 Å². The molecule has 0 fully saturated rings. The first-order chi connectivity index (χ1) is 11.3. The maximum Gasteiger partial charge on any atom is 0.188 e. The summed E-state index contributed by atoms with van der Waals surface area (Å²) in [6.07, 6.45) is 0. The summed E-state index contributed by atoms with van der Waals surface area (Å²) in [7, 11) is 1.61. The van der Waals surface area contributed by atoms with Crippen LogP contribution in [0.3, 0.4) is 0 Å². The molecular weight excluding hydrogens is 352 g/mol. The molecule has 0 N–H and O–H groups in total. The smallest absolute Gasteiger partial charge is 0.188 e. The van der Waals surface area contributed by atoms with E-state index in [1.807, 2.05) is 18.2 Å². The molecule has 3 heteroatoms. The summed E-state index contributed by atoms with van der Waals surface area (Å²) in [5.41, 5.74) is 4.75. The molecule has 3 aromatic rings. The predicted octanol–water partition coefficient (Wildman–Crippen LogP) is 5.77. The molecule has 0 saturated heterocycles. The molecule has 2 nitrogen and oxygen atoms in total. The van der Waals surface area contributed by atoms with Crippen LogP contribution < -0.4 is 4.74 Å². The van der Waals surface area contributed by atoms with Gasteiger partial charge in [-0.05, 0) is 50.3 Å². The minimum atomic E-state index is 0.240. The van der Waals surface area contributed by atoms with Crippen molar-refractivity contribution >= 4 is 15.9 Å². The molecule has 23 heavy (non-hydrogen) atoms. The van der Waals surface area contributed by atoms with Gasteiger partial charge in [-0.1, -0.05) is 60.7 Å². The van der Waals surface area contributed by atoms with Gasteiger partial charge in [0.25, 0.3) is 0 Å². The Morgan fingerprint density at radius 3 is 1.91 bits per heavy atom. The highest BCUT2D eigenvalue weighted by Crippen LogP contribution is 2.31. The second-order valence-electron chi connectivity index (χ2n) is 5.14. The molecule has 0 aliphatic rings. The van der Waals surface area contributed by atoms with Crippen LogP contribution in [0, 0.1) is 0 Å². The van der Waals surface area contributed by atoms with Gasteiger partial charge in [-0.25, -0.2) is 0 Å². The van der Waals surface area contributed by atoms with Crippen LogP contribution in [0.1, 0.15) is 0 Å². The average molecular weight is 369 g/mol. The molecule has 0 amide bonds. The quantitative estimate of drug-likeness (QED) is 0.532. The van der Waals surface area contributed by atoms with E-state index < -0.39 is 0 Å². The minimum absolute atomic E-state index is 0.240. The van der Waals surface area contributed by atoms with E-state index in [1.54, 1.807) is 7.11 Å². The van der Waals surface area contributed by atoms with Crippen molar-refractivity contribution in [2.75, 3.05) is 13.9 Å². The molecule has 0 atom stereocenters. The normalized spacial score (nSPS) is 10.5. The zero-order valence-electron chi connectivity index (χ0n) is 12.8. The second-order valence-corrected chi connectivity index (χ2v) is 5.99. The minimum Gasteiger partial charge on any atom is -0.466 e. The Balaban J connectivity index is 1.83. The molecule has 116 valence electrons. The highest BCUT2D eigenvalue weighted by Gasteiger charge is 2.05. The van der Waals surface area contributed by atoms with Gasteiger partial charge in [-0.3, -0.25) is 0 Å². The maximum absolute atomic E-state index is 5.48. The fourth-order valence-electron chi connectivity index (χ4n) is 2.41. The lowest BCUT2D eigenvalue weighted by Gasteiger charge is -2.09. The summed E-state index contributed by atoms with van der Waals surface area (Å²) < 4.78 is 11.3. The first-order valence-corrected chi connectivity index (χ1v) is 8.14. The van der Waals surface area contributed by atoms with Gasteiger partial charge in [0, 0.05) is 7.11 Å². The lowest BCUT2D eigenvalue weighted by Crippen LogP contribution is -1.99. The molecule has 0 heterocycles. The summed E-state index contributed by atoms with van der Waals surface area (Å²) >= 11 is 3.55. The maximum atomic E-state index is 5.48. The SMILES string of the molecule is COCOc1ccc(-c2ccc(-c3ccccc3)cc2)cc1Br. The predicted molar refractivity (Wildman–Crippen MR) is 97.5 cm³/mol. The molecule has 0 aliphatic heterocycles. The standard InChI is InChI=1S/C20H17BrO2/c1-22-14-23-20-12-11-18(13-19(20)21)17-9-7-16(8-10-17)15-5-3-2-4-6-15/h2-13H,14H2,1H3. The van der Waals surface area contributed by atoms with Crippen LogP contribution in [-0.2, 0) is 4.74 Å². The van der Waals surface area contributed by atoms with Crippen molar-refractivity contribution in [1.29, 1.82) is 0 Å². The number of ether oxygens (including phenoxy) is 2. The van der Waals surface area contributed by atoms with Gasteiger partial charge in [0.1, 0.15) is 5.75 Å². The summed E-state index contributed by atoms with van der Waals surface area (Å²) in [6.45, 7) is 0.240. The number of methoxy groups -OCH3 is 1. The van der Waals surface area contributed by atoms with Gasteiger partial charge >= 0.3 is 0 Å².